The van der Waals surface area contributed by atoms with Gasteiger partial charge in [0.25, 0.3) is 0 Å². The maximum Gasteiger partial charge on any atom is 0.0406 e. The first-order valence-corrected chi connectivity index (χ1v) is 6.70. The van der Waals surface area contributed by atoms with E-state index in [1.807, 2.05) is 24.3 Å². The third-order valence-electron chi connectivity index (χ3n) is 2.41. The van der Waals surface area contributed by atoms with Gasteiger partial charge in [-0.1, -0.05) is 35.5 Å². The second kappa shape index (κ2) is 6.10. The zero-order chi connectivity index (χ0) is 12.1. The van der Waals surface area contributed by atoms with Crippen LogP contribution in [0, 0.1) is 0 Å². The van der Waals surface area contributed by atoms with Crippen molar-refractivity contribution in [2.75, 3.05) is 6.54 Å². The Kier molecular flexibility index (Phi) is 4.49. The first-order chi connectivity index (χ1) is 8.28. The molecule has 0 aliphatic rings. The van der Waals surface area contributed by atoms with Gasteiger partial charge in [-0.2, -0.15) is 0 Å². The van der Waals surface area contributed by atoms with Crippen LogP contribution in [0.4, 0.5) is 0 Å². The van der Waals surface area contributed by atoms with E-state index in [2.05, 4.69) is 24.3 Å². The maximum absolute atomic E-state index is 5.85. The summed E-state index contributed by atoms with van der Waals surface area (Å²) in [5.41, 5.74) is 6.80. The minimum Gasteiger partial charge on any atom is -0.330 e. The molecule has 2 aromatic carbocycles. The Balaban J connectivity index is 2.05. The Morgan fingerprint density at radius 3 is 1.94 bits per heavy atom. The van der Waals surface area contributed by atoms with Crippen molar-refractivity contribution in [3.05, 3.63) is 59.1 Å². The van der Waals surface area contributed by atoms with Crippen molar-refractivity contribution in [2.45, 2.75) is 16.2 Å². The highest BCUT2D eigenvalue weighted by atomic mass is 35.5. The van der Waals surface area contributed by atoms with E-state index in [9.17, 15) is 0 Å². The number of hydrogen-bond acceptors (Lipinski definition) is 2. The van der Waals surface area contributed by atoms with Crippen LogP contribution in [0.25, 0.3) is 0 Å². The average Bonchev–Trinajstić information content (AvgIpc) is 2.35. The summed E-state index contributed by atoms with van der Waals surface area (Å²) in [7, 11) is 0. The Morgan fingerprint density at radius 2 is 1.41 bits per heavy atom. The highest BCUT2D eigenvalue weighted by Gasteiger charge is 1.98. The normalized spacial score (nSPS) is 10.5. The molecule has 0 bridgehead atoms. The average molecular weight is 264 g/mol. The number of halogens is 1. The highest BCUT2D eigenvalue weighted by molar-refractivity contribution is 7.99. The predicted molar refractivity (Wildman–Crippen MR) is 74.8 cm³/mol. The molecule has 2 N–H and O–H groups in total. The van der Waals surface area contributed by atoms with Crippen molar-refractivity contribution < 1.29 is 0 Å². The van der Waals surface area contributed by atoms with Crippen molar-refractivity contribution in [2.24, 2.45) is 5.73 Å². The van der Waals surface area contributed by atoms with Crippen LogP contribution in [-0.4, -0.2) is 6.54 Å². The monoisotopic (exact) mass is 263 g/mol. The van der Waals surface area contributed by atoms with Crippen LogP contribution in [0.5, 0.6) is 0 Å². The number of nitrogens with two attached hydrogens (primary N) is 1. The van der Waals surface area contributed by atoms with Gasteiger partial charge in [0.15, 0.2) is 0 Å². The van der Waals surface area contributed by atoms with Crippen LogP contribution < -0.4 is 5.73 Å². The van der Waals surface area contributed by atoms with Gasteiger partial charge in [0, 0.05) is 14.8 Å². The van der Waals surface area contributed by atoms with E-state index in [0.717, 1.165) is 11.4 Å². The highest BCUT2D eigenvalue weighted by Crippen LogP contribution is 2.28. The molecule has 0 atom stereocenters. The van der Waals surface area contributed by atoms with Gasteiger partial charge in [-0.3, -0.25) is 0 Å². The third-order valence-corrected chi connectivity index (χ3v) is 3.67. The maximum atomic E-state index is 5.85. The molecular formula is C14H14ClNS. The molecule has 2 rings (SSSR count). The van der Waals surface area contributed by atoms with E-state index in [-0.39, 0.29) is 0 Å². The molecule has 1 nitrogen and oxygen atoms in total. The van der Waals surface area contributed by atoms with E-state index in [0.29, 0.717) is 6.54 Å². The van der Waals surface area contributed by atoms with E-state index in [1.54, 1.807) is 11.8 Å². The smallest absolute Gasteiger partial charge is 0.0406 e. The largest absolute Gasteiger partial charge is 0.330 e. The van der Waals surface area contributed by atoms with E-state index in [4.69, 9.17) is 17.3 Å². The molecular weight excluding hydrogens is 250 g/mol. The summed E-state index contributed by atoms with van der Waals surface area (Å²) in [4.78, 5) is 2.43. The molecule has 0 aliphatic carbocycles. The first-order valence-electron chi connectivity index (χ1n) is 5.50. The van der Waals surface area contributed by atoms with Gasteiger partial charge in [0.1, 0.15) is 0 Å². The molecule has 0 radical (unpaired) electrons. The molecule has 88 valence electrons. The molecule has 17 heavy (non-hydrogen) atoms. The third kappa shape index (κ3) is 3.77. The molecule has 0 spiro atoms. The van der Waals surface area contributed by atoms with Crippen molar-refractivity contribution in [1.82, 2.24) is 0 Å². The fraction of sp³-hybridized carbons (Fsp3) is 0.143. The molecule has 2 aromatic rings. The summed E-state index contributed by atoms with van der Waals surface area (Å²) in [5, 5.41) is 0.771. The second-order valence-electron chi connectivity index (χ2n) is 3.74. The molecule has 0 fully saturated rings. The lowest BCUT2D eigenvalue weighted by atomic mass is 10.2. The van der Waals surface area contributed by atoms with Crippen molar-refractivity contribution >= 4 is 23.4 Å². The summed E-state index contributed by atoms with van der Waals surface area (Å²) < 4.78 is 0. The molecule has 0 saturated heterocycles. The SMILES string of the molecule is NCCc1ccc(Sc2ccc(Cl)cc2)cc1. The van der Waals surface area contributed by atoms with Crippen LogP contribution in [0.1, 0.15) is 5.56 Å². The lowest BCUT2D eigenvalue weighted by molar-refractivity contribution is 0.966. The fourth-order valence-corrected chi connectivity index (χ4v) is 2.47. The lowest BCUT2D eigenvalue weighted by Gasteiger charge is -2.03. The van der Waals surface area contributed by atoms with Crippen molar-refractivity contribution in [1.29, 1.82) is 0 Å². The Bertz CT molecular complexity index is 465. The summed E-state index contributed by atoms with van der Waals surface area (Å²) in [6.45, 7) is 0.698. The second-order valence-corrected chi connectivity index (χ2v) is 5.32. The Labute approximate surface area is 111 Å². The first kappa shape index (κ1) is 12.5. The molecule has 0 amide bonds. The van der Waals surface area contributed by atoms with Crippen LogP contribution >= 0.6 is 23.4 Å². The fourth-order valence-electron chi connectivity index (χ4n) is 1.53. The topological polar surface area (TPSA) is 26.0 Å². The standard InChI is InChI=1S/C14H14ClNS/c15-12-3-7-14(8-4-12)17-13-5-1-11(2-6-13)9-10-16/h1-8H,9-10,16H2. The van der Waals surface area contributed by atoms with Crippen molar-refractivity contribution in [3.63, 3.8) is 0 Å². The van der Waals surface area contributed by atoms with Crippen LogP contribution in [-0.2, 0) is 6.42 Å². The van der Waals surface area contributed by atoms with Crippen LogP contribution in [0.15, 0.2) is 58.3 Å². The zero-order valence-corrected chi connectivity index (χ0v) is 11.0. The molecule has 0 saturated carbocycles. The zero-order valence-electron chi connectivity index (χ0n) is 9.40. The summed E-state index contributed by atoms with van der Waals surface area (Å²) in [5.74, 6) is 0. The Hall–Kier alpha value is -0.960. The van der Waals surface area contributed by atoms with Crippen LogP contribution in [0.2, 0.25) is 5.02 Å². The molecule has 0 heterocycles. The van der Waals surface area contributed by atoms with Gasteiger partial charge < -0.3 is 5.73 Å². The molecule has 0 aromatic heterocycles. The van der Waals surface area contributed by atoms with Gasteiger partial charge in [-0.05, 0) is 54.9 Å². The quantitative estimate of drug-likeness (QED) is 0.903. The van der Waals surface area contributed by atoms with E-state index in [1.165, 1.54) is 15.4 Å². The Morgan fingerprint density at radius 1 is 0.882 bits per heavy atom. The minimum absolute atomic E-state index is 0.698. The van der Waals surface area contributed by atoms with Crippen LogP contribution in [0.3, 0.4) is 0 Å². The number of rotatable bonds is 4. The van der Waals surface area contributed by atoms with Gasteiger partial charge in [-0.15, -0.1) is 0 Å². The minimum atomic E-state index is 0.698. The number of hydrogen-bond donors (Lipinski definition) is 1. The molecule has 0 aliphatic heterocycles. The molecule has 3 heteroatoms. The summed E-state index contributed by atoms with van der Waals surface area (Å²) in [6, 6.07) is 16.4. The van der Waals surface area contributed by atoms with Gasteiger partial charge in [-0.25, -0.2) is 0 Å². The number of benzene rings is 2. The predicted octanol–water partition coefficient (Wildman–Crippen LogP) is 3.99. The van der Waals surface area contributed by atoms with Crippen molar-refractivity contribution in [3.8, 4) is 0 Å². The van der Waals surface area contributed by atoms with E-state index < -0.39 is 0 Å². The molecule has 0 unspecified atom stereocenters. The van der Waals surface area contributed by atoms with Gasteiger partial charge in [0.2, 0.25) is 0 Å². The summed E-state index contributed by atoms with van der Waals surface area (Å²) in [6.07, 6.45) is 0.936. The lowest BCUT2D eigenvalue weighted by Crippen LogP contribution is -2.02. The summed E-state index contributed by atoms with van der Waals surface area (Å²) >= 11 is 7.58. The van der Waals surface area contributed by atoms with E-state index >= 15 is 0 Å². The van der Waals surface area contributed by atoms with Gasteiger partial charge >= 0.3 is 0 Å². The van der Waals surface area contributed by atoms with Gasteiger partial charge in [0.05, 0.1) is 0 Å².